The number of nitrogens with one attached hydrogen (secondary N) is 1. The van der Waals surface area contributed by atoms with E-state index in [9.17, 15) is 8.42 Å². The highest BCUT2D eigenvalue weighted by Gasteiger charge is 2.19. The monoisotopic (exact) mass is 412 g/mol. The molecule has 0 amide bonds. The first-order chi connectivity index (χ1) is 14.0. The van der Waals surface area contributed by atoms with E-state index < -0.39 is 10.0 Å². The number of methoxy groups -OCH3 is 2. The average Bonchev–Trinajstić information content (AvgIpc) is 3.17. The highest BCUT2D eigenvalue weighted by atomic mass is 32.2. The number of ether oxygens (including phenoxy) is 2. The highest BCUT2D eigenvalue weighted by molar-refractivity contribution is 7.92. The van der Waals surface area contributed by atoms with Crippen molar-refractivity contribution >= 4 is 27.1 Å². The lowest BCUT2D eigenvalue weighted by Crippen LogP contribution is -2.14. The van der Waals surface area contributed by atoms with Crippen molar-refractivity contribution in [1.29, 1.82) is 0 Å². The van der Waals surface area contributed by atoms with Crippen LogP contribution in [0.15, 0.2) is 64.0 Å². The molecule has 0 aliphatic rings. The van der Waals surface area contributed by atoms with Crippen molar-refractivity contribution in [1.82, 2.24) is 15.0 Å². The summed E-state index contributed by atoms with van der Waals surface area (Å²) in [6.07, 6.45) is 1.61. The van der Waals surface area contributed by atoms with E-state index in [1.807, 2.05) is 0 Å². The molecule has 3 aromatic heterocycles. The van der Waals surface area contributed by atoms with E-state index in [0.29, 0.717) is 28.4 Å². The first-order valence-corrected chi connectivity index (χ1v) is 9.92. The number of nitrogens with zero attached hydrogens (tertiary/aromatic N) is 3. The molecule has 0 saturated carbocycles. The maximum Gasteiger partial charge on any atom is 0.263 e. The lowest BCUT2D eigenvalue weighted by atomic mass is 10.3. The van der Waals surface area contributed by atoms with E-state index in [4.69, 9.17) is 13.9 Å². The van der Waals surface area contributed by atoms with Gasteiger partial charge < -0.3 is 13.9 Å². The van der Waals surface area contributed by atoms with Crippen LogP contribution in [0, 0.1) is 0 Å². The minimum absolute atomic E-state index is 0.00779. The Balaban J connectivity index is 1.65. The molecule has 9 nitrogen and oxygen atoms in total. The molecule has 4 rings (SSSR count). The molecule has 0 atom stereocenters. The molecule has 1 aromatic carbocycles. The van der Waals surface area contributed by atoms with Gasteiger partial charge in [0.2, 0.25) is 5.89 Å². The van der Waals surface area contributed by atoms with Gasteiger partial charge >= 0.3 is 0 Å². The van der Waals surface area contributed by atoms with Crippen molar-refractivity contribution < 1.29 is 22.3 Å². The van der Waals surface area contributed by atoms with Gasteiger partial charge in [-0.3, -0.25) is 4.72 Å². The molecular formula is C19H16N4O5S. The maximum absolute atomic E-state index is 12.8. The predicted octanol–water partition coefficient (Wildman–Crippen LogP) is 3.10. The number of hydrogen-bond acceptors (Lipinski definition) is 8. The molecule has 0 saturated heterocycles. The molecule has 0 radical (unpaired) electrons. The Morgan fingerprint density at radius 1 is 0.966 bits per heavy atom. The number of fused-ring (bicyclic) bond motifs is 1. The highest BCUT2D eigenvalue weighted by Crippen LogP contribution is 2.30. The molecule has 1 N–H and O–H groups in total. The van der Waals surface area contributed by atoms with Crippen molar-refractivity contribution in [3.63, 3.8) is 0 Å². The normalized spacial score (nSPS) is 11.4. The van der Waals surface area contributed by atoms with Crippen molar-refractivity contribution in [2.75, 3.05) is 18.9 Å². The summed E-state index contributed by atoms with van der Waals surface area (Å²) >= 11 is 0. The summed E-state index contributed by atoms with van der Waals surface area (Å²) in [5.41, 5.74) is 1.33. The van der Waals surface area contributed by atoms with Gasteiger partial charge in [-0.25, -0.2) is 18.4 Å². The standard InChI is InChI=1S/C19H16N4O5S/c1-26-14-9-8-12(11-16(14)27-2)29(24,25)23-17-7-3-5-13(21-17)19-22-18-15(28-19)6-4-10-20-18/h3-11H,1-2H3,(H,21,23). The molecule has 0 unspecified atom stereocenters. The van der Waals surface area contributed by atoms with Gasteiger partial charge in [0.1, 0.15) is 11.5 Å². The van der Waals surface area contributed by atoms with Crippen molar-refractivity contribution in [3.8, 4) is 23.1 Å². The fraction of sp³-hybridized carbons (Fsp3) is 0.105. The number of sulfonamides is 1. The van der Waals surface area contributed by atoms with Crippen LogP contribution in [0.5, 0.6) is 11.5 Å². The lowest BCUT2D eigenvalue weighted by molar-refractivity contribution is 0.354. The molecule has 29 heavy (non-hydrogen) atoms. The number of oxazole rings is 1. The van der Waals surface area contributed by atoms with E-state index in [0.717, 1.165) is 0 Å². The van der Waals surface area contributed by atoms with Crippen molar-refractivity contribution in [3.05, 3.63) is 54.7 Å². The summed E-state index contributed by atoms with van der Waals surface area (Å²) in [6, 6.07) is 12.6. The van der Waals surface area contributed by atoms with Crippen LogP contribution in [-0.2, 0) is 10.0 Å². The number of anilines is 1. The number of hydrogen-bond donors (Lipinski definition) is 1. The third-order valence-electron chi connectivity index (χ3n) is 4.04. The Hall–Kier alpha value is -3.66. The van der Waals surface area contributed by atoms with Crippen LogP contribution in [0.25, 0.3) is 22.8 Å². The molecule has 4 aromatic rings. The van der Waals surface area contributed by atoms with Gasteiger partial charge in [-0.2, -0.15) is 4.98 Å². The van der Waals surface area contributed by atoms with E-state index in [-0.39, 0.29) is 16.6 Å². The lowest BCUT2D eigenvalue weighted by Gasteiger charge is -2.11. The SMILES string of the molecule is COc1ccc(S(=O)(=O)Nc2cccc(-c3nc4ncccc4o3)n2)cc1OC. The summed E-state index contributed by atoms with van der Waals surface area (Å²) in [4.78, 5) is 12.7. The summed E-state index contributed by atoms with van der Waals surface area (Å²) in [5, 5.41) is 0. The predicted molar refractivity (Wildman–Crippen MR) is 105 cm³/mol. The zero-order chi connectivity index (χ0) is 20.4. The fourth-order valence-corrected chi connectivity index (χ4v) is 3.69. The topological polar surface area (TPSA) is 116 Å². The van der Waals surface area contributed by atoms with Gasteiger partial charge in [0.25, 0.3) is 10.0 Å². The zero-order valence-electron chi connectivity index (χ0n) is 15.5. The molecule has 0 aliphatic heterocycles. The van der Waals surface area contributed by atoms with E-state index in [1.54, 1.807) is 30.5 Å². The Morgan fingerprint density at radius 3 is 2.55 bits per heavy atom. The second-order valence-corrected chi connectivity index (χ2v) is 7.56. The smallest absolute Gasteiger partial charge is 0.263 e. The number of pyridine rings is 2. The van der Waals surface area contributed by atoms with Crippen LogP contribution in [0.3, 0.4) is 0 Å². The van der Waals surface area contributed by atoms with Crippen LogP contribution in [0.2, 0.25) is 0 Å². The van der Waals surface area contributed by atoms with Gasteiger partial charge in [-0.05, 0) is 36.4 Å². The van der Waals surface area contributed by atoms with Gasteiger partial charge in [-0.15, -0.1) is 0 Å². The van der Waals surface area contributed by atoms with Crippen LogP contribution in [0.1, 0.15) is 0 Å². The fourth-order valence-electron chi connectivity index (χ4n) is 2.67. The van der Waals surface area contributed by atoms with Gasteiger partial charge in [0, 0.05) is 12.3 Å². The molecule has 10 heteroatoms. The van der Waals surface area contributed by atoms with Crippen molar-refractivity contribution in [2.45, 2.75) is 4.90 Å². The third kappa shape index (κ3) is 3.69. The van der Waals surface area contributed by atoms with Crippen molar-refractivity contribution in [2.24, 2.45) is 0 Å². The summed E-state index contributed by atoms with van der Waals surface area (Å²) in [5.74, 6) is 1.09. The third-order valence-corrected chi connectivity index (χ3v) is 5.39. The summed E-state index contributed by atoms with van der Waals surface area (Å²) in [6.45, 7) is 0. The first kappa shape index (κ1) is 18.7. The molecule has 3 heterocycles. The number of rotatable bonds is 6. The average molecular weight is 412 g/mol. The molecule has 0 aliphatic carbocycles. The quantitative estimate of drug-likeness (QED) is 0.513. The second kappa shape index (κ2) is 7.40. The minimum Gasteiger partial charge on any atom is -0.493 e. The van der Waals surface area contributed by atoms with Gasteiger partial charge in [0.05, 0.1) is 19.1 Å². The molecule has 148 valence electrons. The molecule has 0 fully saturated rings. The number of aromatic nitrogens is 3. The van der Waals surface area contributed by atoms with Gasteiger partial charge in [0.15, 0.2) is 22.7 Å². The summed E-state index contributed by atoms with van der Waals surface area (Å²) < 4.78 is 43.9. The Bertz CT molecular complexity index is 1250. The summed E-state index contributed by atoms with van der Waals surface area (Å²) in [7, 11) is -1.000. The Kier molecular flexibility index (Phi) is 4.77. The largest absolute Gasteiger partial charge is 0.493 e. The van der Waals surface area contributed by atoms with Crippen LogP contribution in [0.4, 0.5) is 5.82 Å². The molecule has 0 spiro atoms. The minimum atomic E-state index is -3.91. The van der Waals surface area contributed by atoms with E-state index in [1.165, 1.54) is 38.5 Å². The number of benzene rings is 1. The Labute approximate surface area is 166 Å². The van der Waals surface area contributed by atoms with E-state index in [2.05, 4.69) is 19.7 Å². The van der Waals surface area contributed by atoms with E-state index >= 15 is 0 Å². The van der Waals surface area contributed by atoms with Crippen LogP contribution in [-0.4, -0.2) is 37.6 Å². The van der Waals surface area contributed by atoms with Crippen LogP contribution >= 0.6 is 0 Å². The Morgan fingerprint density at radius 2 is 1.79 bits per heavy atom. The maximum atomic E-state index is 12.8. The van der Waals surface area contributed by atoms with Crippen LogP contribution < -0.4 is 14.2 Å². The second-order valence-electron chi connectivity index (χ2n) is 5.87. The zero-order valence-corrected chi connectivity index (χ0v) is 16.3. The first-order valence-electron chi connectivity index (χ1n) is 8.44. The van der Waals surface area contributed by atoms with Gasteiger partial charge in [-0.1, -0.05) is 6.07 Å². The molecule has 0 bridgehead atoms. The molecular weight excluding hydrogens is 396 g/mol.